The highest BCUT2D eigenvalue weighted by Gasteiger charge is 2.21. The van der Waals surface area contributed by atoms with E-state index in [0.29, 0.717) is 14.8 Å². The molecule has 0 radical (unpaired) electrons. The van der Waals surface area contributed by atoms with Crippen LogP contribution in [-0.4, -0.2) is 14.5 Å². The van der Waals surface area contributed by atoms with Crippen LogP contribution in [0.1, 0.15) is 32.9 Å². The van der Waals surface area contributed by atoms with Crippen molar-refractivity contribution < 1.29 is 37.3 Å². The Kier molecular flexibility index (Phi) is 3.52. The van der Waals surface area contributed by atoms with E-state index in [1.165, 1.54) is 6.33 Å². The van der Waals surface area contributed by atoms with E-state index in [9.17, 15) is 8.22 Å². The van der Waals surface area contributed by atoms with Crippen LogP contribution in [0.5, 0.6) is 0 Å². The Hall–Kier alpha value is -7.12. The Balaban J connectivity index is 1.06. The molecular weight excluding hydrogens is 747 g/mol. The average molecular weight is 800 g/mol. The highest BCUT2D eigenvalue weighted by molar-refractivity contribution is 7.26. The SMILES string of the molecule is [2H]c1cc([2H])c(-c2c([2H])c([2H])c([2H])c3c2sc2c([2H])c([2H])c([2H])c([2H])c23)c([2H])c1-c1ncnc2c1sc1ccc(-c3c([2H])c([2H])c([2H])c4c3oc3c4c([2H])c([2H])c4c3c3c([2H])c([2H])c([2H])c([2H])c3n4-c3c([2H])c([2H])c([2H])c([2H])c3[2H])cc12. The lowest BCUT2D eigenvalue weighted by Crippen LogP contribution is -1.92. The molecule has 13 aromatic rings. The largest absolute Gasteiger partial charge is 0.455 e. The summed E-state index contributed by atoms with van der Waals surface area (Å²) in [7, 11) is 0. The maximum Gasteiger partial charge on any atom is 0.145 e. The fourth-order valence-corrected chi connectivity index (χ4v) is 9.73. The van der Waals surface area contributed by atoms with Crippen LogP contribution in [0.4, 0.5) is 0 Å². The molecule has 0 aliphatic rings. The van der Waals surface area contributed by atoms with Crippen molar-refractivity contribution in [2.24, 2.45) is 0 Å². The van der Waals surface area contributed by atoms with Crippen molar-refractivity contribution in [2.75, 3.05) is 0 Å². The lowest BCUT2D eigenvalue weighted by atomic mass is 9.99. The van der Waals surface area contributed by atoms with Crippen molar-refractivity contribution in [3.05, 3.63) is 176 Å². The summed E-state index contributed by atoms with van der Waals surface area (Å²) in [6.45, 7) is 0. The maximum absolute atomic E-state index is 9.70. The summed E-state index contributed by atoms with van der Waals surface area (Å²) in [5.41, 5.74) is -2.01. The van der Waals surface area contributed by atoms with Gasteiger partial charge in [0.05, 0.1) is 65.2 Å². The van der Waals surface area contributed by atoms with Gasteiger partial charge in [-0.25, -0.2) is 9.97 Å². The summed E-state index contributed by atoms with van der Waals surface area (Å²) >= 11 is 1.98. The van der Waals surface area contributed by atoms with Gasteiger partial charge in [0.1, 0.15) is 17.5 Å². The fraction of sp³-hybridized carbons (Fsp3) is 0. The highest BCUT2D eigenvalue weighted by atomic mass is 32.1. The minimum absolute atomic E-state index is 0.0455. The summed E-state index contributed by atoms with van der Waals surface area (Å²) in [6.07, 6.45) is 1.18. The first-order valence-corrected chi connectivity index (χ1v) is 19.1. The molecule has 0 atom stereocenters. The molecule has 0 saturated heterocycles. The predicted molar refractivity (Wildman–Crippen MR) is 246 cm³/mol. The van der Waals surface area contributed by atoms with E-state index < -0.39 is 156 Å². The Bertz CT molecular complexity index is 5210. The second-order valence-corrected chi connectivity index (χ2v) is 15.1. The number of para-hydroxylation sites is 3. The zero-order chi connectivity index (χ0) is 58.8. The number of nitrogens with zero attached hydrogens (tertiary/aromatic N) is 3. The van der Waals surface area contributed by atoms with Crippen molar-refractivity contribution in [1.82, 2.24) is 14.5 Å². The number of rotatable bonds is 4. The predicted octanol–water partition coefficient (Wildman–Crippen LogP) is 15.2. The van der Waals surface area contributed by atoms with Gasteiger partial charge in [0.2, 0.25) is 0 Å². The van der Waals surface area contributed by atoms with Gasteiger partial charge in [-0.3, -0.25) is 0 Å². The van der Waals surface area contributed by atoms with Crippen molar-refractivity contribution in [2.45, 2.75) is 0 Å². The van der Waals surface area contributed by atoms with Crippen molar-refractivity contribution in [1.29, 1.82) is 0 Å². The Morgan fingerprint density at radius 2 is 1.28 bits per heavy atom. The number of furan rings is 1. The zero-order valence-corrected chi connectivity index (χ0v) is 30.6. The first-order chi connectivity index (χ1) is 38.7. The van der Waals surface area contributed by atoms with Gasteiger partial charge in [-0.1, -0.05) is 115 Å². The Morgan fingerprint density at radius 1 is 0.517 bits per heavy atom. The summed E-state index contributed by atoms with van der Waals surface area (Å²) in [5, 5.41) is -0.703. The fourth-order valence-electron chi connectivity index (χ4n) is 7.53. The lowest BCUT2D eigenvalue weighted by molar-refractivity contribution is 0.674. The number of thiophene rings is 2. The van der Waals surface area contributed by atoms with Crippen LogP contribution in [0.25, 0.3) is 123 Å². The normalized spacial score (nSPS) is 17.9. The monoisotopic (exact) mass is 799 g/mol. The van der Waals surface area contributed by atoms with E-state index in [1.54, 1.807) is 18.2 Å². The van der Waals surface area contributed by atoms with Crippen molar-refractivity contribution >= 4 is 107 Å². The Morgan fingerprint density at radius 3 is 2.21 bits per heavy atom. The van der Waals surface area contributed by atoms with Crippen molar-refractivity contribution in [3.8, 4) is 39.2 Å². The zero-order valence-electron chi connectivity index (χ0n) is 53.0. The molecule has 0 aliphatic carbocycles. The highest BCUT2D eigenvalue weighted by Crippen LogP contribution is 2.46. The molecule has 0 saturated carbocycles. The molecule has 0 spiro atoms. The third-order valence-corrected chi connectivity index (χ3v) is 12.3. The van der Waals surface area contributed by atoms with Crippen LogP contribution >= 0.6 is 22.7 Å². The molecule has 0 bridgehead atoms. The van der Waals surface area contributed by atoms with Gasteiger partial charge in [0.15, 0.2) is 0 Å². The van der Waals surface area contributed by atoms with Crippen LogP contribution in [0.15, 0.2) is 180 Å². The third kappa shape index (κ3) is 4.55. The summed E-state index contributed by atoms with van der Waals surface area (Å²) < 4.78 is 223. The van der Waals surface area contributed by atoms with Crippen LogP contribution in [-0.2, 0) is 0 Å². The second kappa shape index (κ2) is 12.2. The van der Waals surface area contributed by atoms with Gasteiger partial charge < -0.3 is 8.98 Å². The van der Waals surface area contributed by atoms with E-state index in [1.807, 2.05) is 0 Å². The van der Waals surface area contributed by atoms with E-state index in [-0.39, 0.29) is 98.0 Å². The summed E-state index contributed by atoms with van der Waals surface area (Å²) in [5.74, 6) is 0. The Labute approximate surface area is 373 Å². The molecule has 0 N–H and O–H groups in total. The molecule has 8 aromatic carbocycles. The first-order valence-electron chi connectivity index (χ1n) is 29.4. The minimum Gasteiger partial charge on any atom is -0.455 e. The van der Waals surface area contributed by atoms with Crippen LogP contribution < -0.4 is 0 Å². The number of hydrogen-bond donors (Lipinski definition) is 0. The molecule has 5 heterocycles. The van der Waals surface area contributed by atoms with E-state index in [4.69, 9.17) is 29.1 Å². The number of hydrogen-bond acceptors (Lipinski definition) is 5. The molecule has 0 amide bonds. The molecular formula is C52H29N3OS2. The van der Waals surface area contributed by atoms with E-state index >= 15 is 0 Å². The average Bonchev–Trinajstić information content (AvgIpc) is 2.04. The summed E-state index contributed by atoms with van der Waals surface area (Å²) in [6, 6.07) is -8.70. The third-order valence-electron chi connectivity index (χ3n) is 10.0. The summed E-state index contributed by atoms with van der Waals surface area (Å²) in [4.78, 5) is 9.13. The molecule has 0 aliphatic heterocycles. The molecule has 0 unspecified atom stereocenters. The molecule has 58 heavy (non-hydrogen) atoms. The van der Waals surface area contributed by atoms with Gasteiger partial charge in [-0.05, 0) is 71.1 Å². The molecule has 0 fully saturated rings. The number of aromatic nitrogens is 3. The van der Waals surface area contributed by atoms with Gasteiger partial charge in [0.25, 0.3) is 0 Å². The topological polar surface area (TPSA) is 43.9 Å². The van der Waals surface area contributed by atoms with Gasteiger partial charge >= 0.3 is 0 Å². The maximum atomic E-state index is 9.70. The molecule has 270 valence electrons. The lowest BCUT2D eigenvalue weighted by Gasteiger charge is -2.07. The smallest absolute Gasteiger partial charge is 0.145 e. The second-order valence-electron chi connectivity index (χ2n) is 13.0. The van der Waals surface area contributed by atoms with Crippen LogP contribution in [0, 0.1) is 0 Å². The molecule has 6 heteroatoms. The van der Waals surface area contributed by atoms with Gasteiger partial charge in [0, 0.05) is 63.2 Å². The first kappa shape index (κ1) is 16.8. The molecule has 13 rings (SSSR count). The van der Waals surface area contributed by atoms with Crippen molar-refractivity contribution in [3.63, 3.8) is 0 Å². The minimum atomic E-state index is -0.792. The number of fused-ring (bicyclic) bond motifs is 13. The molecule has 5 aromatic heterocycles. The van der Waals surface area contributed by atoms with Crippen LogP contribution in [0.2, 0.25) is 0 Å². The van der Waals surface area contributed by atoms with E-state index in [2.05, 4.69) is 9.97 Å². The van der Waals surface area contributed by atoms with Gasteiger partial charge in [-0.2, -0.15) is 0 Å². The standard InChI is InChI=1S/C52H29N3OS2/c1-2-13-33(14-3-1)55-42-21-6-4-16-40(42)46-43(55)25-24-38-37-19-9-17-34(49(37)56-50(38)46)31-23-26-45-41(28-31)48-52(58-45)47(53-29-54-48)32-12-8-11-30(27-32)35-18-10-20-39-36-15-5-7-22-44(36)57-51(35)39/h1-29H/i1D,2D,3D,4D,5D,6D,7D,9D,10D,11D,12D,13D,14D,15D,16D,17D,18D,19D,20D,21D,22D,24D,25D,27D. The van der Waals surface area contributed by atoms with E-state index in [0.717, 1.165) is 33.3 Å². The van der Waals surface area contributed by atoms with Crippen LogP contribution in [0.3, 0.4) is 0 Å². The molecule has 4 nitrogen and oxygen atoms in total. The van der Waals surface area contributed by atoms with Gasteiger partial charge in [-0.15, -0.1) is 22.7 Å². The quantitative estimate of drug-likeness (QED) is 0.178. The number of benzene rings is 8.